The molecule has 0 aromatic carbocycles. The molecule has 2 heteroatoms. The highest BCUT2D eigenvalue weighted by Gasteiger charge is 2.35. The molecule has 0 unspecified atom stereocenters. The van der Waals surface area contributed by atoms with Crippen molar-refractivity contribution in [1.82, 2.24) is 4.90 Å². The second kappa shape index (κ2) is 7.08. The van der Waals surface area contributed by atoms with Crippen molar-refractivity contribution >= 4 is 0 Å². The summed E-state index contributed by atoms with van der Waals surface area (Å²) in [6.07, 6.45) is 12.1. The molecule has 1 N–H and O–H groups in total. The van der Waals surface area contributed by atoms with Crippen molar-refractivity contribution in [2.24, 2.45) is 11.3 Å². The third-order valence-corrected chi connectivity index (χ3v) is 5.23. The zero-order valence-corrected chi connectivity index (χ0v) is 13.0. The quantitative estimate of drug-likeness (QED) is 0.790. The molecule has 0 radical (unpaired) electrons. The second-order valence-electron chi connectivity index (χ2n) is 7.48. The van der Waals surface area contributed by atoms with Gasteiger partial charge in [-0.3, -0.25) is 4.90 Å². The van der Waals surface area contributed by atoms with Crippen molar-refractivity contribution in [2.75, 3.05) is 19.7 Å². The molecule has 19 heavy (non-hydrogen) atoms. The van der Waals surface area contributed by atoms with E-state index in [-0.39, 0.29) is 5.41 Å². The predicted molar refractivity (Wildman–Crippen MR) is 81.3 cm³/mol. The topological polar surface area (TPSA) is 23.5 Å². The molecule has 0 aromatic rings. The first kappa shape index (κ1) is 15.3. The lowest BCUT2D eigenvalue weighted by Crippen LogP contribution is -2.46. The molecule has 2 nitrogen and oxygen atoms in total. The molecule has 0 heterocycles. The Balaban J connectivity index is 2.00. The van der Waals surface area contributed by atoms with Gasteiger partial charge in [0.25, 0.3) is 0 Å². The third kappa shape index (κ3) is 4.19. The highest BCUT2D eigenvalue weighted by molar-refractivity contribution is 4.89. The van der Waals surface area contributed by atoms with Crippen LogP contribution in [0.2, 0.25) is 0 Å². The van der Waals surface area contributed by atoms with Crippen molar-refractivity contribution in [2.45, 2.75) is 77.7 Å². The second-order valence-corrected chi connectivity index (χ2v) is 7.48. The van der Waals surface area contributed by atoms with Gasteiger partial charge in [-0.25, -0.2) is 0 Å². The Labute approximate surface area is 119 Å². The van der Waals surface area contributed by atoms with Crippen LogP contribution in [-0.2, 0) is 0 Å². The first-order valence-corrected chi connectivity index (χ1v) is 8.50. The molecule has 2 fully saturated rings. The molecule has 112 valence electrons. The summed E-state index contributed by atoms with van der Waals surface area (Å²) in [5.41, 5.74) is 0.218. The van der Waals surface area contributed by atoms with Gasteiger partial charge in [-0.05, 0) is 31.6 Å². The van der Waals surface area contributed by atoms with Crippen LogP contribution in [0, 0.1) is 11.3 Å². The van der Waals surface area contributed by atoms with E-state index in [1.807, 2.05) is 0 Å². The van der Waals surface area contributed by atoms with Gasteiger partial charge >= 0.3 is 0 Å². The van der Waals surface area contributed by atoms with Crippen molar-refractivity contribution in [3.63, 3.8) is 0 Å². The summed E-state index contributed by atoms with van der Waals surface area (Å²) >= 11 is 0. The molecule has 0 atom stereocenters. The highest BCUT2D eigenvalue weighted by Crippen LogP contribution is 2.38. The van der Waals surface area contributed by atoms with E-state index in [0.717, 1.165) is 18.5 Å². The van der Waals surface area contributed by atoms with Crippen molar-refractivity contribution < 1.29 is 5.11 Å². The maximum absolute atomic E-state index is 9.94. The first-order chi connectivity index (χ1) is 9.15. The molecule has 0 spiro atoms. The third-order valence-electron chi connectivity index (χ3n) is 5.23. The fourth-order valence-corrected chi connectivity index (χ4v) is 4.18. The van der Waals surface area contributed by atoms with Gasteiger partial charge < -0.3 is 5.11 Å². The highest BCUT2D eigenvalue weighted by atomic mass is 16.3. The SMILES string of the molecule is CC(C)CN(CC1(CO)CCCCC1)C1CCCC1. The number of hydrogen-bond donors (Lipinski definition) is 1. The summed E-state index contributed by atoms with van der Waals surface area (Å²) in [6.45, 7) is 7.41. The van der Waals surface area contributed by atoms with Crippen molar-refractivity contribution in [1.29, 1.82) is 0 Å². The Hall–Kier alpha value is -0.0800. The van der Waals surface area contributed by atoms with Crippen LogP contribution in [0.3, 0.4) is 0 Å². The Bertz CT molecular complexity index is 252. The van der Waals surface area contributed by atoms with Gasteiger partial charge in [-0.15, -0.1) is 0 Å². The fourth-order valence-electron chi connectivity index (χ4n) is 4.18. The summed E-state index contributed by atoms with van der Waals surface area (Å²) in [4.78, 5) is 2.74. The van der Waals surface area contributed by atoms with E-state index in [0.29, 0.717) is 6.61 Å². The monoisotopic (exact) mass is 267 g/mol. The van der Waals surface area contributed by atoms with Gasteiger partial charge in [0.05, 0.1) is 0 Å². The van der Waals surface area contributed by atoms with Gasteiger partial charge in [0, 0.05) is 31.2 Å². The van der Waals surface area contributed by atoms with Crippen LogP contribution in [-0.4, -0.2) is 35.7 Å². The van der Waals surface area contributed by atoms with Crippen LogP contribution in [0.1, 0.15) is 71.6 Å². The Morgan fingerprint density at radius 1 is 1.05 bits per heavy atom. The number of aliphatic hydroxyl groups excluding tert-OH is 1. The van der Waals surface area contributed by atoms with Crippen LogP contribution in [0.5, 0.6) is 0 Å². The maximum atomic E-state index is 9.94. The maximum Gasteiger partial charge on any atom is 0.0499 e. The van der Waals surface area contributed by atoms with E-state index in [1.54, 1.807) is 0 Å². The molecule has 2 aliphatic rings. The summed E-state index contributed by atoms with van der Waals surface area (Å²) in [7, 11) is 0. The molecule has 2 aliphatic carbocycles. The van der Waals surface area contributed by atoms with Crippen LogP contribution < -0.4 is 0 Å². The summed E-state index contributed by atoms with van der Waals surface area (Å²) < 4.78 is 0. The lowest BCUT2D eigenvalue weighted by molar-refractivity contribution is 0.0211. The van der Waals surface area contributed by atoms with Crippen LogP contribution in [0.4, 0.5) is 0 Å². The fraction of sp³-hybridized carbons (Fsp3) is 1.00. The molecule has 0 bridgehead atoms. The molecule has 2 rings (SSSR count). The lowest BCUT2D eigenvalue weighted by Gasteiger charge is -2.42. The minimum atomic E-state index is 0.218. The van der Waals surface area contributed by atoms with E-state index in [9.17, 15) is 5.11 Å². The van der Waals surface area contributed by atoms with Gasteiger partial charge in [0.1, 0.15) is 0 Å². The van der Waals surface area contributed by atoms with Crippen LogP contribution in [0.15, 0.2) is 0 Å². The number of aliphatic hydroxyl groups is 1. The molecular formula is C17H33NO. The zero-order chi connectivity index (χ0) is 13.7. The normalized spacial score (nSPS) is 24.5. The Morgan fingerprint density at radius 3 is 2.21 bits per heavy atom. The van der Waals surface area contributed by atoms with Gasteiger partial charge in [-0.1, -0.05) is 46.0 Å². The summed E-state index contributed by atoms with van der Waals surface area (Å²) in [6, 6.07) is 0.799. The molecule has 0 aliphatic heterocycles. The first-order valence-electron chi connectivity index (χ1n) is 8.50. The van der Waals surface area contributed by atoms with Crippen molar-refractivity contribution in [3.05, 3.63) is 0 Å². The number of hydrogen-bond acceptors (Lipinski definition) is 2. The molecular weight excluding hydrogens is 234 g/mol. The largest absolute Gasteiger partial charge is 0.396 e. The van der Waals surface area contributed by atoms with Crippen LogP contribution in [0.25, 0.3) is 0 Å². The standard InChI is InChI=1S/C17H33NO/c1-15(2)12-18(16-8-4-5-9-16)13-17(14-19)10-6-3-7-11-17/h15-16,19H,3-14H2,1-2H3. The van der Waals surface area contributed by atoms with Gasteiger partial charge in [0.2, 0.25) is 0 Å². The average molecular weight is 267 g/mol. The predicted octanol–water partition coefficient (Wildman–Crippen LogP) is 3.83. The lowest BCUT2D eigenvalue weighted by atomic mass is 9.74. The zero-order valence-electron chi connectivity index (χ0n) is 13.0. The molecule has 0 amide bonds. The van der Waals surface area contributed by atoms with E-state index >= 15 is 0 Å². The summed E-state index contributed by atoms with van der Waals surface area (Å²) in [5.74, 6) is 0.736. The number of rotatable bonds is 6. The van der Waals surface area contributed by atoms with Crippen molar-refractivity contribution in [3.8, 4) is 0 Å². The van der Waals surface area contributed by atoms with E-state index in [4.69, 9.17) is 0 Å². The average Bonchev–Trinajstić information content (AvgIpc) is 2.92. The number of nitrogens with zero attached hydrogens (tertiary/aromatic N) is 1. The van der Waals surface area contributed by atoms with E-state index < -0.39 is 0 Å². The van der Waals surface area contributed by atoms with E-state index in [1.165, 1.54) is 64.3 Å². The molecule has 0 aromatic heterocycles. The molecule has 0 saturated heterocycles. The minimum Gasteiger partial charge on any atom is -0.396 e. The molecule has 2 saturated carbocycles. The van der Waals surface area contributed by atoms with Gasteiger partial charge in [0.15, 0.2) is 0 Å². The van der Waals surface area contributed by atoms with E-state index in [2.05, 4.69) is 18.7 Å². The smallest absolute Gasteiger partial charge is 0.0499 e. The van der Waals surface area contributed by atoms with Gasteiger partial charge in [-0.2, -0.15) is 0 Å². The Kier molecular flexibility index (Phi) is 5.70. The van der Waals surface area contributed by atoms with Crippen LogP contribution >= 0.6 is 0 Å². The minimum absolute atomic E-state index is 0.218. The Morgan fingerprint density at radius 2 is 1.68 bits per heavy atom. The summed E-state index contributed by atoms with van der Waals surface area (Å²) in [5, 5.41) is 9.94.